The van der Waals surface area contributed by atoms with Crippen LogP contribution in [0.1, 0.15) is 58.8 Å². The van der Waals surface area contributed by atoms with E-state index in [0.29, 0.717) is 60.4 Å². The zero-order valence-corrected chi connectivity index (χ0v) is 23.1. The van der Waals surface area contributed by atoms with Gasteiger partial charge >= 0.3 is 0 Å². The third-order valence-corrected chi connectivity index (χ3v) is 8.36. The number of halogens is 1. The summed E-state index contributed by atoms with van der Waals surface area (Å²) < 4.78 is 5.43. The predicted octanol–water partition coefficient (Wildman–Crippen LogP) is 4.03. The fraction of sp³-hybridized carbons (Fsp3) is 0.400. The maximum atomic E-state index is 13.7. The Morgan fingerprint density at radius 1 is 1.23 bits per heavy atom. The van der Waals surface area contributed by atoms with Gasteiger partial charge in [0.25, 0.3) is 5.91 Å². The monoisotopic (exact) mass is 561 g/mol. The maximum Gasteiger partial charge on any atom is 0.255 e. The van der Waals surface area contributed by atoms with Gasteiger partial charge in [-0.15, -0.1) is 0 Å². The Labute approximate surface area is 237 Å². The van der Waals surface area contributed by atoms with E-state index in [2.05, 4.69) is 20.6 Å². The number of hydrogen-bond donors (Lipinski definition) is 3. The van der Waals surface area contributed by atoms with Crippen molar-refractivity contribution in [2.75, 3.05) is 25.1 Å². The molecule has 2 amide bonds. The molecule has 2 aliphatic heterocycles. The molecule has 6 rings (SSSR count). The summed E-state index contributed by atoms with van der Waals surface area (Å²) in [7, 11) is 0. The molecular weight excluding hydrogens is 530 g/mol. The molecule has 1 unspecified atom stereocenters. The Hall–Kier alpha value is -3.53. The molecule has 40 heavy (non-hydrogen) atoms. The minimum atomic E-state index is -0.916. The van der Waals surface area contributed by atoms with Gasteiger partial charge in [0.05, 0.1) is 29.6 Å². The van der Waals surface area contributed by atoms with Gasteiger partial charge in [-0.3, -0.25) is 9.59 Å². The first-order chi connectivity index (χ1) is 19.4. The molecule has 1 aromatic heterocycles. The number of nitrogens with one attached hydrogen (secondary N) is 2. The van der Waals surface area contributed by atoms with E-state index in [-0.39, 0.29) is 24.5 Å². The van der Waals surface area contributed by atoms with Crippen LogP contribution in [0.25, 0.3) is 11.3 Å². The zero-order chi connectivity index (χ0) is 27.9. The molecule has 1 atom stereocenters. The number of carbonyl (C=O) groups is 2. The molecule has 3 aliphatic rings. The van der Waals surface area contributed by atoms with Crippen LogP contribution in [-0.2, 0) is 16.1 Å². The minimum absolute atomic E-state index is 0.189. The third-order valence-electron chi connectivity index (χ3n) is 8.08. The van der Waals surface area contributed by atoms with Crippen LogP contribution in [-0.4, -0.2) is 63.2 Å². The van der Waals surface area contributed by atoms with Crippen LogP contribution in [0.2, 0.25) is 5.02 Å². The van der Waals surface area contributed by atoms with Crippen LogP contribution in [0, 0.1) is 6.92 Å². The summed E-state index contributed by atoms with van der Waals surface area (Å²) in [6.07, 6.45) is 4.49. The highest BCUT2D eigenvalue weighted by Gasteiger charge is 2.58. The van der Waals surface area contributed by atoms with Crippen LogP contribution >= 0.6 is 11.6 Å². The number of benzene rings is 2. The number of aliphatic hydroxyl groups excluding tert-OH is 1. The van der Waals surface area contributed by atoms with Crippen molar-refractivity contribution in [3.8, 4) is 11.3 Å². The molecule has 9 nitrogen and oxygen atoms in total. The number of ether oxygens (including phenoxy) is 1. The second-order valence-corrected chi connectivity index (χ2v) is 11.2. The number of carbonyl (C=O) groups excluding carboxylic acids is 2. The van der Waals surface area contributed by atoms with Gasteiger partial charge in [-0.1, -0.05) is 53.6 Å². The van der Waals surface area contributed by atoms with Crippen molar-refractivity contribution in [1.82, 2.24) is 20.2 Å². The molecule has 10 heteroatoms. The number of amides is 2. The smallest absolute Gasteiger partial charge is 0.255 e. The van der Waals surface area contributed by atoms with Gasteiger partial charge in [0.2, 0.25) is 11.9 Å². The fourth-order valence-electron chi connectivity index (χ4n) is 5.61. The Morgan fingerprint density at radius 3 is 2.75 bits per heavy atom. The van der Waals surface area contributed by atoms with E-state index >= 15 is 0 Å². The molecular formula is C30H32ClN5O4. The molecule has 3 N–H and O–H groups in total. The Morgan fingerprint density at radius 2 is 2.02 bits per heavy atom. The number of anilines is 1. The van der Waals surface area contributed by atoms with E-state index in [4.69, 9.17) is 16.3 Å². The van der Waals surface area contributed by atoms with E-state index in [1.807, 2.05) is 43.3 Å². The Bertz CT molecular complexity index is 1450. The number of aromatic nitrogens is 2. The number of nitrogens with zero attached hydrogens (tertiary/aromatic N) is 3. The average molecular weight is 562 g/mol. The van der Waals surface area contributed by atoms with Gasteiger partial charge in [0.15, 0.2) is 0 Å². The number of fused-ring (bicyclic) bond motifs is 1. The summed E-state index contributed by atoms with van der Waals surface area (Å²) in [6.45, 7) is 3.49. The lowest BCUT2D eigenvalue weighted by atomic mass is 10.0. The fourth-order valence-corrected chi connectivity index (χ4v) is 5.81. The normalized spacial score (nSPS) is 18.8. The summed E-state index contributed by atoms with van der Waals surface area (Å²) in [5, 5.41) is 16.8. The van der Waals surface area contributed by atoms with Gasteiger partial charge in [-0.2, -0.15) is 0 Å². The minimum Gasteiger partial charge on any atom is -0.394 e. The molecule has 208 valence electrons. The lowest BCUT2D eigenvalue weighted by Crippen LogP contribution is -2.50. The van der Waals surface area contributed by atoms with Crippen molar-refractivity contribution < 1.29 is 19.4 Å². The van der Waals surface area contributed by atoms with E-state index in [0.717, 1.165) is 29.5 Å². The topological polar surface area (TPSA) is 117 Å². The first-order valence-corrected chi connectivity index (χ1v) is 14.1. The number of aryl methyl sites for hydroxylation is 1. The van der Waals surface area contributed by atoms with Crippen molar-refractivity contribution in [2.45, 2.75) is 56.8 Å². The van der Waals surface area contributed by atoms with E-state index < -0.39 is 11.6 Å². The number of hydrogen-bond acceptors (Lipinski definition) is 7. The molecule has 2 aromatic carbocycles. The van der Waals surface area contributed by atoms with Gasteiger partial charge in [-0.05, 0) is 49.8 Å². The highest BCUT2D eigenvalue weighted by atomic mass is 35.5. The second kappa shape index (κ2) is 10.8. The third kappa shape index (κ3) is 5.05. The summed E-state index contributed by atoms with van der Waals surface area (Å²) in [5.74, 6) is 0.0591. The molecule has 0 radical (unpaired) electrons. The summed E-state index contributed by atoms with van der Waals surface area (Å²) in [6, 6.07) is 13.0. The van der Waals surface area contributed by atoms with Gasteiger partial charge < -0.3 is 25.4 Å². The summed E-state index contributed by atoms with van der Waals surface area (Å²) in [4.78, 5) is 37.8. The van der Waals surface area contributed by atoms with E-state index in [9.17, 15) is 14.7 Å². The van der Waals surface area contributed by atoms with E-state index in [1.54, 1.807) is 17.2 Å². The molecule has 2 fully saturated rings. The van der Waals surface area contributed by atoms with Crippen LogP contribution in [0.3, 0.4) is 0 Å². The second-order valence-electron chi connectivity index (χ2n) is 10.8. The molecule has 3 heterocycles. The summed E-state index contributed by atoms with van der Waals surface area (Å²) >= 11 is 6.49. The van der Waals surface area contributed by atoms with Crippen molar-refractivity contribution >= 4 is 29.4 Å². The molecule has 1 aliphatic carbocycles. The lowest BCUT2D eigenvalue weighted by Gasteiger charge is -2.29. The molecule has 1 saturated heterocycles. The van der Waals surface area contributed by atoms with Gasteiger partial charge in [-0.25, -0.2) is 9.97 Å². The first kappa shape index (κ1) is 26.7. The zero-order valence-electron chi connectivity index (χ0n) is 22.3. The maximum absolute atomic E-state index is 13.7. The predicted molar refractivity (Wildman–Crippen MR) is 151 cm³/mol. The standard InChI is InChI=1S/C30H32ClN5O4/c1-18-3-2-4-19(13-18)25(17-37)34-28(39)30(9-10-30)36-16-21-6-5-20(14-23(21)27(36)38)26-24(31)15-32-29(35-26)33-22-7-11-40-12-8-22/h2-6,13-15,22,25,37H,7-12,16-17H2,1H3,(H,34,39)(H,32,33,35). The van der Waals surface area contributed by atoms with Gasteiger partial charge in [0, 0.05) is 36.9 Å². The molecule has 3 aromatic rings. The SMILES string of the molecule is Cc1cccc(C(CO)NC(=O)C2(N3Cc4ccc(-c5nc(NC6CCOCC6)ncc5Cl)cc4C3=O)CC2)c1. The number of aliphatic hydroxyl groups is 1. The molecule has 1 saturated carbocycles. The Kier molecular flexibility index (Phi) is 7.20. The van der Waals surface area contributed by atoms with Crippen LogP contribution in [0.15, 0.2) is 48.7 Å². The van der Waals surface area contributed by atoms with Crippen molar-refractivity contribution in [3.63, 3.8) is 0 Å². The highest BCUT2D eigenvalue weighted by molar-refractivity contribution is 6.33. The van der Waals surface area contributed by atoms with Crippen LogP contribution in [0.5, 0.6) is 0 Å². The van der Waals surface area contributed by atoms with Crippen molar-refractivity contribution in [3.05, 3.63) is 75.9 Å². The highest BCUT2D eigenvalue weighted by Crippen LogP contribution is 2.47. The first-order valence-electron chi connectivity index (χ1n) is 13.7. The van der Waals surface area contributed by atoms with Crippen LogP contribution < -0.4 is 10.6 Å². The van der Waals surface area contributed by atoms with E-state index in [1.165, 1.54) is 0 Å². The lowest BCUT2D eigenvalue weighted by molar-refractivity contribution is -0.128. The van der Waals surface area contributed by atoms with Crippen LogP contribution in [0.4, 0.5) is 5.95 Å². The summed E-state index contributed by atoms with van der Waals surface area (Å²) in [5.41, 5.74) is 3.62. The molecule has 0 spiro atoms. The van der Waals surface area contributed by atoms with Crippen molar-refractivity contribution in [1.29, 1.82) is 0 Å². The Balaban J connectivity index is 1.20. The van der Waals surface area contributed by atoms with Gasteiger partial charge in [0.1, 0.15) is 5.54 Å². The quantitative estimate of drug-likeness (QED) is 0.380. The largest absolute Gasteiger partial charge is 0.394 e. The van der Waals surface area contributed by atoms with Crippen molar-refractivity contribution in [2.24, 2.45) is 0 Å². The average Bonchev–Trinajstić information content (AvgIpc) is 3.71. The molecule has 0 bridgehead atoms. The number of rotatable bonds is 8.